The Kier molecular flexibility index (Phi) is 5.28. The summed E-state index contributed by atoms with van der Waals surface area (Å²) in [5, 5.41) is 3.60. The summed E-state index contributed by atoms with van der Waals surface area (Å²) in [6.45, 7) is 10.5. The van der Waals surface area contributed by atoms with E-state index in [1.807, 2.05) is 11.8 Å². The van der Waals surface area contributed by atoms with Crippen molar-refractivity contribution in [1.29, 1.82) is 0 Å². The minimum atomic E-state index is 0.688. The molecule has 2 atom stereocenters. The maximum absolute atomic E-state index is 3.60. The van der Waals surface area contributed by atoms with Crippen LogP contribution in [0.1, 0.15) is 20.8 Å². The van der Waals surface area contributed by atoms with Crippen molar-refractivity contribution in [3.05, 3.63) is 0 Å². The van der Waals surface area contributed by atoms with Crippen molar-refractivity contribution in [3.8, 4) is 0 Å². The molecule has 0 aromatic carbocycles. The molecule has 3 heteroatoms. The zero-order chi connectivity index (χ0) is 10.6. The molecule has 1 rings (SSSR count). The number of nitrogens with one attached hydrogen (secondary N) is 1. The Balaban J connectivity index is 2.39. The van der Waals surface area contributed by atoms with Gasteiger partial charge < -0.3 is 5.32 Å². The molecule has 0 bridgehead atoms. The highest BCUT2D eigenvalue weighted by Gasteiger charge is 2.24. The summed E-state index contributed by atoms with van der Waals surface area (Å²) in [5.74, 6) is 2.00. The van der Waals surface area contributed by atoms with E-state index >= 15 is 0 Å². The number of rotatable bonds is 4. The molecule has 1 saturated heterocycles. The Labute approximate surface area is 92.8 Å². The van der Waals surface area contributed by atoms with E-state index in [4.69, 9.17) is 0 Å². The molecule has 0 aliphatic carbocycles. The van der Waals surface area contributed by atoms with Gasteiger partial charge in [-0.3, -0.25) is 4.90 Å². The second-order valence-electron chi connectivity index (χ2n) is 4.60. The Bertz CT molecular complexity index is 161. The van der Waals surface area contributed by atoms with Crippen molar-refractivity contribution in [3.63, 3.8) is 0 Å². The third-order valence-electron chi connectivity index (χ3n) is 3.07. The van der Waals surface area contributed by atoms with E-state index in [0.717, 1.165) is 18.5 Å². The summed E-state index contributed by atoms with van der Waals surface area (Å²) in [5.41, 5.74) is 0. The third kappa shape index (κ3) is 3.44. The summed E-state index contributed by atoms with van der Waals surface area (Å²) in [6.07, 6.45) is 2.19. The van der Waals surface area contributed by atoms with Crippen LogP contribution in [0.3, 0.4) is 0 Å². The van der Waals surface area contributed by atoms with Gasteiger partial charge in [0.1, 0.15) is 0 Å². The summed E-state index contributed by atoms with van der Waals surface area (Å²) >= 11 is 1.95. The molecule has 1 aliphatic rings. The minimum absolute atomic E-state index is 0.688. The molecule has 2 nitrogen and oxygen atoms in total. The van der Waals surface area contributed by atoms with Crippen LogP contribution in [0.15, 0.2) is 0 Å². The van der Waals surface area contributed by atoms with Crippen molar-refractivity contribution in [2.45, 2.75) is 32.9 Å². The fourth-order valence-electron chi connectivity index (χ4n) is 2.00. The molecular formula is C11H24N2S. The molecule has 0 amide bonds. The molecule has 14 heavy (non-hydrogen) atoms. The van der Waals surface area contributed by atoms with Gasteiger partial charge in [0.15, 0.2) is 0 Å². The minimum Gasteiger partial charge on any atom is -0.311 e. The first-order valence-corrected chi connectivity index (χ1v) is 7.01. The molecule has 1 heterocycles. The number of hydrogen-bond acceptors (Lipinski definition) is 3. The Morgan fingerprint density at radius 2 is 2.14 bits per heavy atom. The molecule has 0 saturated carbocycles. The molecule has 2 unspecified atom stereocenters. The highest BCUT2D eigenvalue weighted by molar-refractivity contribution is 7.98. The van der Waals surface area contributed by atoms with Gasteiger partial charge in [-0.05, 0) is 19.1 Å². The van der Waals surface area contributed by atoms with Crippen molar-refractivity contribution in [2.75, 3.05) is 31.6 Å². The van der Waals surface area contributed by atoms with Crippen LogP contribution in [0.2, 0.25) is 0 Å². The highest BCUT2D eigenvalue weighted by atomic mass is 32.2. The van der Waals surface area contributed by atoms with Gasteiger partial charge in [0, 0.05) is 37.5 Å². The lowest BCUT2D eigenvalue weighted by Crippen LogP contribution is -2.55. The number of nitrogens with zero attached hydrogens (tertiary/aromatic N) is 1. The van der Waals surface area contributed by atoms with Gasteiger partial charge >= 0.3 is 0 Å². The van der Waals surface area contributed by atoms with Crippen molar-refractivity contribution < 1.29 is 0 Å². The quantitative estimate of drug-likeness (QED) is 0.769. The summed E-state index contributed by atoms with van der Waals surface area (Å²) < 4.78 is 0. The topological polar surface area (TPSA) is 15.3 Å². The SMILES string of the molecule is CSCC(C)N1CCNC(C(C)C)C1. The second kappa shape index (κ2) is 5.99. The maximum Gasteiger partial charge on any atom is 0.0218 e. The van der Waals surface area contributed by atoms with Gasteiger partial charge in [-0.2, -0.15) is 11.8 Å². The van der Waals surface area contributed by atoms with E-state index < -0.39 is 0 Å². The van der Waals surface area contributed by atoms with Crippen molar-refractivity contribution in [1.82, 2.24) is 10.2 Å². The molecule has 0 aromatic rings. The van der Waals surface area contributed by atoms with Crippen LogP contribution in [-0.2, 0) is 0 Å². The number of thioether (sulfide) groups is 1. The van der Waals surface area contributed by atoms with Crippen LogP contribution in [0.4, 0.5) is 0 Å². The smallest absolute Gasteiger partial charge is 0.0218 e. The van der Waals surface area contributed by atoms with Crippen LogP contribution in [-0.4, -0.2) is 48.6 Å². The fraction of sp³-hybridized carbons (Fsp3) is 1.00. The average Bonchev–Trinajstić information content (AvgIpc) is 2.18. The molecular weight excluding hydrogens is 192 g/mol. The predicted octanol–water partition coefficient (Wildman–Crippen LogP) is 1.67. The third-order valence-corrected chi connectivity index (χ3v) is 3.89. The van der Waals surface area contributed by atoms with Crippen LogP contribution < -0.4 is 5.32 Å². The lowest BCUT2D eigenvalue weighted by atomic mass is 10.0. The Hall–Kier alpha value is 0.270. The first-order valence-electron chi connectivity index (χ1n) is 5.61. The van der Waals surface area contributed by atoms with Crippen molar-refractivity contribution >= 4 is 11.8 Å². The first kappa shape index (κ1) is 12.3. The number of piperazine rings is 1. The normalized spacial score (nSPS) is 26.8. The molecule has 0 spiro atoms. The van der Waals surface area contributed by atoms with Gasteiger partial charge in [0.05, 0.1) is 0 Å². The van der Waals surface area contributed by atoms with E-state index in [9.17, 15) is 0 Å². The lowest BCUT2D eigenvalue weighted by Gasteiger charge is -2.39. The Morgan fingerprint density at radius 1 is 1.43 bits per heavy atom. The van der Waals surface area contributed by atoms with Gasteiger partial charge in [-0.25, -0.2) is 0 Å². The maximum atomic E-state index is 3.60. The Morgan fingerprint density at radius 3 is 2.71 bits per heavy atom. The van der Waals surface area contributed by atoms with Crippen LogP contribution in [0.5, 0.6) is 0 Å². The summed E-state index contributed by atoms with van der Waals surface area (Å²) in [7, 11) is 0. The fourth-order valence-corrected chi connectivity index (χ4v) is 2.69. The van der Waals surface area contributed by atoms with E-state index in [-0.39, 0.29) is 0 Å². The molecule has 84 valence electrons. The zero-order valence-corrected chi connectivity index (χ0v) is 10.7. The van der Waals surface area contributed by atoms with E-state index in [0.29, 0.717) is 6.04 Å². The van der Waals surface area contributed by atoms with E-state index in [2.05, 4.69) is 37.2 Å². The highest BCUT2D eigenvalue weighted by Crippen LogP contribution is 2.12. The summed E-state index contributed by atoms with van der Waals surface area (Å²) in [6, 6.07) is 1.42. The van der Waals surface area contributed by atoms with E-state index in [1.165, 1.54) is 18.8 Å². The largest absolute Gasteiger partial charge is 0.311 e. The molecule has 1 N–H and O–H groups in total. The monoisotopic (exact) mass is 216 g/mol. The van der Waals surface area contributed by atoms with Gasteiger partial charge in [0.25, 0.3) is 0 Å². The average molecular weight is 216 g/mol. The predicted molar refractivity (Wildman–Crippen MR) is 66.0 cm³/mol. The summed E-state index contributed by atoms with van der Waals surface area (Å²) in [4.78, 5) is 2.62. The van der Waals surface area contributed by atoms with Crippen LogP contribution >= 0.6 is 11.8 Å². The molecule has 0 aromatic heterocycles. The zero-order valence-electron chi connectivity index (χ0n) is 9.92. The first-order chi connectivity index (χ1) is 6.65. The van der Waals surface area contributed by atoms with Crippen LogP contribution in [0, 0.1) is 5.92 Å². The molecule has 1 fully saturated rings. The van der Waals surface area contributed by atoms with Crippen LogP contribution in [0.25, 0.3) is 0 Å². The van der Waals surface area contributed by atoms with E-state index in [1.54, 1.807) is 0 Å². The van der Waals surface area contributed by atoms with Gasteiger partial charge in [-0.15, -0.1) is 0 Å². The molecule has 0 radical (unpaired) electrons. The lowest BCUT2D eigenvalue weighted by molar-refractivity contribution is 0.145. The van der Waals surface area contributed by atoms with Crippen molar-refractivity contribution in [2.24, 2.45) is 5.92 Å². The second-order valence-corrected chi connectivity index (χ2v) is 5.51. The standard InChI is InChI=1S/C11H24N2S/c1-9(2)11-7-13(6-5-12-11)10(3)8-14-4/h9-12H,5-8H2,1-4H3. The molecule has 1 aliphatic heterocycles. The van der Waals surface area contributed by atoms with Gasteiger partial charge in [0.2, 0.25) is 0 Å². The van der Waals surface area contributed by atoms with Gasteiger partial charge in [-0.1, -0.05) is 13.8 Å². The number of hydrogen-bond donors (Lipinski definition) is 1.